The maximum atomic E-state index is 6.44. The van der Waals surface area contributed by atoms with Gasteiger partial charge in [0.2, 0.25) is 0 Å². The predicted octanol–water partition coefficient (Wildman–Crippen LogP) is 4.64. The summed E-state index contributed by atoms with van der Waals surface area (Å²) in [6.45, 7) is 21.7. The summed E-state index contributed by atoms with van der Waals surface area (Å²) in [5.41, 5.74) is 1.87. The summed E-state index contributed by atoms with van der Waals surface area (Å²) < 4.78 is 25.8. The predicted molar refractivity (Wildman–Crippen MR) is 119 cm³/mol. The fraction of sp³-hybridized carbons (Fsp3) is 0.818. The van der Waals surface area contributed by atoms with Crippen molar-refractivity contribution in [2.24, 2.45) is 0 Å². The van der Waals surface area contributed by atoms with Crippen molar-refractivity contribution in [3.05, 3.63) is 20.9 Å². The van der Waals surface area contributed by atoms with Gasteiger partial charge in [-0.15, -0.1) is 11.3 Å². The Morgan fingerprint density at radius 1 is 0.552 bits per heavy atom. The molecule has 158 valence electrons. The third kappa shape index (κ3) is 2.37. The average Bonchev–Trinajstić information content (AvgIpc) is 3.01. The van der Waals surface area contributed by atoms with Crippen LogP contribution < -0.4 is 0 Å². The van der Waals surface area contributed by atoms with Crippen LogP contribution in [0.2, 0.25) is 0 Å². The normalized spacial score (nSPS) is 37.7. The molecule has 1 aromatic heterocycles. The Morgan fingerprint density at radius 3 is 1.10 bits per heavy atom. The number of thiophene rings is 1. The number of rotatable bonds is 2. The summed E-state index contributed by atoms with van der Waals surface area (Å²) in [6, 6.07) is 0. The molecule has 0 bridgehead atoms. The van der Waals surface area contributed by atoms with Crippen LogP contribution in [0, 0.1) is 0 Å². The van der Waals surface area contributed by atoms with Gasteiger partial charge in [-0.2, -0.15) is 0 Å². The lowest BCUT2D eigenvalue weighted by Gasteiger charge is -2.43. The Bertz CT molecular complexity index is 802. The van der Waals surface area contributed by atoms with Crippen molar-refractivity contribution < 1.29 is 18.6 Å². The Labute approximate surface area is 180 Å². The van der Waals surface area contributed by atoms with E-state index >= 15 is 0 Å². The lowest BCUT2D eigenvalue weighted by atomic mass is 9.44. The summed E-state index contributed by atoms with van der Waals surface area (Å²) in [5.74, 6) is 0. The van der Waals surface area contributed by atoms with E-state index in [4.69, 9.17) is 18.6 Å². The second kappa shape index (κ2) is 5.35. The molecular weight excluding hydrogens is 382 g/mol. The van der Waals surface area contributed by atoms with E-state index in [1.807, 2.05) is 11.3 Å². The Kier molecular flexibility index (Phi) is 3.79. The molecular formula is C22H34B2O4S. The number of hydrogen-bond acceptors (Lipinski definition) is 5. The minimum Gasteiger partial charge on any atom is -0.403 e. The monoisotopic (exact) mass is 416 g/mol. The maximum absolute atomic E-state index is 6.44. The first-order valence-corrected chi connectivity index (χ1v) is 11.7. The lowest BCUT2D eigenvalue weighted by Crippen LogP contribution is -2.52. The Hall–Kier alpha value is -0.330. The minimum absolute atomic E-state index is 0.0702. The van der Waals surface area contributed by atoms with Crippen molar-refractivity contribution in [1.82, 2.24) is 0 Å². The van der Waals surface area contributed by atoms with E-state index in [0.29, 0.717) is 0 Å². The van der Waals surface area contributed by atoms with Gasteiger partial charge in [-0.25, -0.2) is 0 Å². The van der Waals surface area contributed by atoms with Crippen molar-refractivity contribution >= 4 is 25.6 Å². The van der Waals surface area contributed by atoms with Crippen LogP contribution in [0.5, 0.6) is 0 Å². The van der Waals surface area contributed by atoms with Crippen LogP contribution in [0.25, 0.3) is 0 Å². The number of fused-ring (bicyclic) bond motifs is 3. The summed E-state index contributed by atoms with van der Waals surface area (Å²) in [6.07, 6.45) is 2.06. The molecule has 0 aromatic carbocycles. The third-order valence-corrected chi connectivity index (χ3v) is 10.6. The van der Waals surface area contributed by atoms with Crippen molar-refractivity contribution in [1.29, 1.82) is 0 Å². The molecule has 3 heterocycles. The molecule has 0 N–H and O–H groups in total. The lowest BCUT2D eigenvalue weighted by molar-refractivity contribution is 0.00578. The Balaban J connectivity index is 1.43. The smallest absolute Gasteiger partial charge is 0.403 e. The molecule has 2 atom stereocenters. The van der Waals surface area contributed by atoms with Gasteiger partial charge in [-0.1, -0.05) is 13.8 Å². The van der Waals surface area contributed by atoms with E-state index in [2.05, 4.69) is 69.2 Å². The first-order chi connectivity index (χ1) is 13.0. The fourth-order valence-corrected chi connectivity index (χ4v) is 6.71. The van der Waals surface area contributed by atoms with Crippen LogP contribution in [0.15, 0.2) is 0 Å². The van der Waals surface area contributed by atoms with Crippen molar-refractivity contribution in [2.45, 2.75) is 115 Å². The van der Waals surface area contributed by atoms with E-state index in [9.17, 15) is 0 Å². The molecule has 0 spiro atoms. The zero-order chi connectivity index (χ0) is 21.4. The summed E-state index contributed by atoms with van der Waals surface area (Å²) in [7, 11) is -0.388. The van der Waals surface area contributed by atoms with Gasteiger partial charge in [-0.3, -0.25) is 0 Å². The standard InChI is InChI=1S/C22H34B2O4S/c1-17(2)18(3,4)26-23(25-17)21(9)11-13-14-12-22(10,16(14)29-15(13)21)24-27-19(5,6)20(7,8)28-24/h11-12H2,1-10H3. The third-order valence-electron chi connectivity index (χ3n) is 8.79. The van der Waals surface area contributed by atoms with E-state index in [0.717, 1.165) is 12.8 Å². The molecule has 0 radical (unpaired) electrons. The van der Waals surface area contributed by atoms with Crippen LogP contribution in [0.1, 0.15) is 90.1 Å². The summed E-state index contributed by atoms with van der Waals surface area (Å²) in [5, 5.41) is -0.140. The molecule has 1 aromatic rings. The van der Waals surface area contributed by atoms with Gasteiger partial charge in [0, 0.05) is 20.4 Å². The zero-order valence-electron chi connectivity index (χ0n) is 19.6. The molecule has 0 saturated carbocycles. The van der Waals surface area contributed by atoms with Gasteiger partial charge >= 0.3 is 14.2 Å². The van der Waals surface area contributed by atoms with E-state index < -0.39 is 0 Å². The second-order valence-electron chi connectivity index (χ2n) is 12.1. The van der Waals surface area contributed by atoms with Gasteiger partial charge in [0.05, 0.1) is 22.4 Å². The highest BCUT2D eigenvalue weighted by Crippen LogP contribution is 2.61. The van der Waals surface area contributed by atoms with Crippen LogP contribution in [-0.2, 0) is 42.1 Å². The summed E-state index contributed by atoms with van der Waals surface area (Å²) in [4.78, 5) is 2.89. The van der Waals surface area contributed by atoms with Crippen molar-refractivity contribution in [3.63, 3.8) is 0 Å². The molecule has 7 heteroatoms. The van der Waals surface area contributed by atoms with Gasteiger partial charge in [0.25, 0.3) is 0 Å². The molecule has 2 aliphatic carbocycles. The van der Waals surface area contributed by atoms with Gasteiger partial charge in [-0.05, 0) is 79.4 Å². The first kappa shape index (κ1) is 20.6. The number of hydrogen-bond donors (Lipinski definition) is 0. The molecule has 2 aliphatic heterocycles. The van der Waals surface area contributed by atoms with Crippen LogP contribution >= 0.6 is 11.3 Å². The topological polar surface area (TPSA) is 36.9 Å². The van der Waals surface area contributed by atoms with Crippen molar-refractivity contribution in [3.8, 4) is 0 Å². The van der Waals surface area contributed by atoms with Crippen LogP contribution in [0.3, 0.4) is 0 Å². The van der Waals surface area contributed by atoms with Crippen molar-refractivity contribution in [2.75, 3.05) is 0 Å². The Morgan fingerprint density at radius 2 is 0.828 bits per heavy atom. The maximum Gasteiger partial charge on any atom is 0.470 e. The SMILES string of the molecule is CC1(B2OC(C)(C)C(C)(C)O2)Cc2c1sc1c2CC1(C)B1OC(C)(C)C(C)(C)O1. The molecule has 0 amide bonds. The molecule has 2 saturated heterocycles. The molecule has 5 rings (SSSR count). The van der Waals surface area contributed by atoms with E-state index in [-0.39, 0.29) is 47.3 Å². The molecule has 2 unspecified atom stereocenters. The molecule has 4 aliphatic rings. The minimum atomic E-state index is -0.295. The first-order valence-electron chi connectivity index (χ1n) is 10.9. The van der Waals surface area contributed by atoms with E-state index in [1.165, 1.54) is 20.9 Å². The average molecular weight is 416 g/mol. The highest BCUT2D eigenvalue weighted by atomic mass is 32.1. The quantitative estimate of drug-likeness (QED) is 0.659. The second-order valence-corrected chi connectivity index (χ2v) is 13.1. The molecule has 2 fully saturated rings. The van der Waals surface area contributed by atoms with Crippen LogP contribution in [0.4, 0.5) is 0 Å². The highest BCUT2D eigenvalue weighted by Gasteiger charge is 2.67. The van der Waals surface area contributed by atoms with Crippen LogP contribution in [-0.4, -0.2) is 36.6 Å². The fourth-order valence-electron chi connectivity index (χ4n) is 5.06. The van der Waals surface area contributed by atoms with Gasteiger partial charge < -0.3 is 18.6 Å². The largest absolute Gasteiger partial charge is 0.470 e. The summed E-state index contributed by atoms with van der Waals surface area (Å²) >= 11 is 1.94. The highest BCUT2D eigenvalue weighted by molar-refractivity contribution is 7.14. The zero-order valence-corrected chi connectivity index (χ0v) is 20.4. The van der Waals surface area contributed by atoms with Gasteiger partial charge in [0.15, 0.2) is 0 Å². The van der Waals surface area contributed by atoms with E-state index in [1.54, 1.807) is 0 Å². The molecule has 29 heavy (non-hydrogen) atoms. The van der Waals surface area contributed by atoms with Gasteiger partial charge in [0.1, 0.15) is 0 Å². The molecule has 4 nitrogen and oxygen atoms in total.